The maximum absolute atomic E-state index is 5.30. The zero-order valence-corrected chi connectivity index (χ0v) is 33.5. The van der Waals surface area contributed by atoms with Crippen LogP contribution in [0.1, 0.15) is 0 Å². The molecular formula is C56H32N4S. The second-order valence-electron chi connectivity index (χ2n) is 16.1. The highest BCUT2D eigenvalue weighted by Crippen LogP contribution is 2.45. The van der Waals surface area contributed by atoms with Gasteiger partial charge in [0.2, 0.25) is 5.95 Å². The first-order chi connectivity index (χ1) is 30.3. The molecule has 14 aromatic rings. The van der Waals surface area contributed by atoms with Crippen molar-refractivity contribution in [2.24, 2.45) is 0 Å². The lowest BCUT2D eigenvalue weighted by atomic mass is 9.99. The van der Waals surface area contributed by atoms with E-state index < -0.39 is 0 Å². The average molecular weight is 793 g/mol. The minimum atomic E-state index is 0.664. The quantitative estimate of drug-likeness (QED) is 0.179. The SMILES string of the molecule is c1ccc(-c2nc(-n3c4ccccc4c4cc(-c5ccc6c(c5)c5cccc7c8ccccc8c8cccc9sc%10cccc(c%10c98)n6c75)ccc43)nc3ccccc23)cc1. The Bertz CT molecular complexity index is 4170. The summed E-state index contributed by atoms with van der Waals surface area (Å²) in [5, 5.41) is 13.6. The lowest BCUT2D eigenvalue weighted by Gasteiger charge is -2.12. The molecule has 5 heteroatoms. The third-order valence-corrected chi connectivity index (χ3v) is 14.0. The van der Waals surface area contributed by atoms with Gasteiger partial charge >= 0.3 is 0 Å². The van der Waals surface area contributed by atoms with Gasteiger partial charge in [0.1, 0.15) is 0 Å². The number of para-hydroxylation sites is 3. The lowest BCUT2D eigenvalue weighted by Crippen LogP contribution is -2.03. The van der Waals surface area contributed by atoms with Crippen LogP contribution >= 0.6 is 11.3 Å². The van der Waals surface area contributed by atoms with Crippen molar-refractivity contribution in [2.75, 3.05) is 0 Å². The molecule has 0 aliphatic rings. The predicted octanol–water partition coefficient (Wildman–Crippen LogP) is 15.3. The second kappa shape index (κ2) is 12.3. The summed E-state index contributed by atoms with van der Waals surface area (Å²) in [5.74, 6) is 0.664. The molecule has 0 N–H and O–H groups in total. The smallest absolute Gasteiger partial charge is 0.235 e. The monoisotopic (exact) mass is 792 g/mol. The molecule has 0 radical (unpaired) electrons. The standard InChI is InChI=1S/C56H32N4S/c1-2-13-33(14-3-1)54-42-18-6-8-22-45(42)57-56(58-54)60-46-23-9-7-17-38(46)43-31-34(28-30-48(43)60)35-27-29-47-44(32-35)41-21-10-20-40-37-16-5-4-15-36(37)39-19-11-25-50-52(39)53-49(59(47)55(40)41)24-12-26-51(53)61-50/h1-32H. The van der Waals surface area contributed by atoms with Gasteiger partial charge in [-0.1, -0.05) is 140 Å². The number of aromatic nitrogens is 4. The summed E-state index contributed by atoms with van der Waals surface area (Å²) in [7, 11) is 0. The molecular weight excluding hydrogens is 761 g/mol. The molecule has 0 saturated carbocycles. The van der Waals surface area contributed by atoms with Gasteiger partial charge < -0.3 is 4.40 Å². The topological polar surface area (TPSA) is 35.1 Å². The Balaban J connectivity index is 1.04. The minimum absolute atomic E-state index is 0.664. The zero-order valence-electron chi connectivity index (χ0n) is 32.7. The van der Waals surface area contributed by atoms with Crippen molar-refractivity contribution in [3.63, 3.8) is 0 Å². The Hall–Kier alpha value is -7.86. The van der Waals surface area contributed by atoms with Gasteiger partial charge in [-0.25, -0.2) is 9.97 Å². The summed E-state index contributed by atoms with van der Waals surface area (Å²) in [4.78, 5) is 10.5. The average Bonchev–Trinajstić information content (AvgIpc) is 3.99. The van der Waals surface area contributed by atoms with Gasteiger partial charge in [0, 0.05) is 58.1 Å². The molecule has 0 amide bonds. The molecule has 61 heavy (non-hydrogen) atoms. The van der Waals surface area contributed by atoms with Gasteiger partial charge in [0.25, 0.3) is 0 Å². The van der Waals surface area contributed by atoms with E-state index in [-0.39, 0.29) is 0 Å². The first-order valence-electron chi connectivity index (χ1n) is 20.7. The van der Waals surface area contributed by atoms with E-state index in [0.717, 1.165) is 33.2 Å². The van der Waals surface area contributed by atoms with Crippen LogP contribution in [-0.2, 0) is 0 Å². The molecule has 9 aromatic carbocycles. The molecule has 0 bridgehead atoms. The zero-order chi connectivity index (χ0) is 39.8. The summed E-state index contributed by atoms with van der Waals surface area (Å²) < 4.78 is 7.40. The first-order valence-corrected chi connectivity index (χ1v) is 21.6. The van der Waals surface area contributed by atoms with Crippen LogP contribution in [0.25, 0.3) is 130 Å². The van der Waals surface area contributed by atoms with Gasteiger partial charge in [-0.15, -0.1) is 11.3 Å². The van der Waals surface area contributed by atoms with Gasteiger partial charge in [0.15, 0.2) is 0 Å². The van der Waals surface area contributed by atoms with E-state index in [2.05, 4.69) is 197 Å². The predicted molar refractivity (Wildman–Crippen MR) is 259 cm³/mol. The van der Waals surface area contributed by atoms with Crippen molar-refractivity contribution in [3.05, 3.63) is 194 Å². The molecule has 282 valence electrons. The Morgan fingerprint density at radius 1 is 0.344 bits per heavy atom. The highest BCUT2D eigenvalue weighted by molar-refractivity contribution is 7.26. The maximum Gasteiger partial charge on any atom is 0.235 e. The van der Waals surface area contributed by atoms with E-state index in [9.17, 15) is 0 Å². The number of rotatable bonds is 3. The molecule has 0 unspecified atom stereocenters. The summed E-state index contributed by atoms with van der Waals surface area (Å²) in [6.07, 6.45) is 0. The molecule has 0 aliphatic heterocycles. The fourth-order valence-corrected chi connectivity index (χ4v) is 11.4. The van der Waals surface area contributed by atoms with E-state index in [4.69, 9.17) is 9.97 Å². The summed E-state index contributed by atoms with van der Waals surface area (Å²) in [6.45, 7) is 0. The number of hydrogen-bond acceptors (Lipinski definition) is 3. The fourth-order valence-electron chi connectivity index (χ4n) is 10.3. The van der Waals surface area contributed by atoms with Crippen molar-refractivity contribution in [3.8, 4) is 28.3 Å². The molecule has 0 saturated heterocycles. The number of fused-ring (bicyclic) bond motifs is 11. The van der Waals surface area contributed by atoms with E-state index in [1.807, 2.05) is 17.4 Å². The fraction of sp³-hybridized carbons (Fsp3) is 0. The van der Waals surface area contributed by atoms with Crippen molar-refractivity contribution in [1.29, 1.82) is 0 Å². The Kier molecular flexibility index (Phi) is 6.68. The van der Waals surface area contributed by atoms with E-state index >= 15 is 0 Å². The van der Waals surface area contributed by atoms with Crippen LogP contribution in [0.5, 0.6) is 0 Å². The molecule has 4 nitrogen and oxygen atoms in total. The van der Waals surface area contributed by atoms with Crippen molar-refractivity contribution in [1.82, 2.24) is 18.9 Å². The number of benzene rings is 9. The first kappa shape index (κ1) is 33.0. The number of thiophene rings is 1. The van der Waals surface area contributed by atoms with Crippen LogP contribution in [0.4, 0.5) is 0 Å². The van der Waals surface area contributed by atoms with Crippen LogP contribution in [0.15, 0.2) is 194 Å². The molecule has 0 spiro atoms. The third kappa shape index (κ3) is 4.58. The van der Waals surface area contributed by atoms with Gasteiger partial charge in [0.05, 0.1) is 38.8 Å². The number of nitrogens with zero attached hydrogens (tertiary/aromatic N) is 4. The molecule has 0 aliphatic carbocycles. The summed E-state index contributed by atoms with van der Waals surface area (Å²) in [6, 6.07) is 70.7. The molecule has 0 atom stereocenters. The van der Waals surface area contributed by atoms with E-state index in [0.29, 0.717) is 5.95 Å². The van der Waals surface area contributed by atoms with E-state index in [1.165, 1.54) is 90.9 Å². The summed E-state index contributed by atoms with van der Waals surface area (Å²) in [5.41, 5.74) is 11.1. The highest BCUT2D eigenvalue weighted by Gasteiger charge is 2.21. The van der Waals surface area contributed by atoms with Crippen LogP contribution in [0.3, 0.4) is 0 Å². The van der Waals surface area contributed by atoms with Gasteiger partial charge in [-0.2, -0.15) is 0 Å². The normalized spacial score (nSPS) is 12.3. The molecule has 14 rings (SSSR count). The Morgan fingerprint density at radius 2 is 0.902 bits per heavy atom. The largest absolute Gasteiger partial charge is 0.308 e. The Labute approximate surface area is 352 Å². The molecule has 5 aromatic heterocycles. The van der Waals surface area contributed by atoms with Gasteiger partial charge in [-0.05, 0) is 81.9 Å². The highest BCUT2D eigenvalue weighted by atomic mass is 32.1. The minimum Gasteiger partial charge on any atom is -0.308 e. The van der Waals surface area contributed by atoms with Crippen molar-refractivity contribution >= 4 is 113 Å². The second-order valence-corrected chi connectivity index (χ2v) is 17.2. The van der Waals surface area contributed by atoms with Crippen LogP contribution in [0.2, 0.25) is 0 Å². The van der Waals surface area contributed by atoms with Crippen LogP contribution in [-0.4, -0.2) is 18.9 Å². The van der Waals surface area contributed by atoms with Crippen molar-refractivity contribution < 1.29 is 0 Å². The van der Waals surface area contributed by atoms with Crippen LogP contribution < -0.4 is 0 Å². The number of hydrogen-bond donors (Lipinski definition) is 0. The lowest BCUT2D eigenvalue weighted by molar-refractivity contribution is 1.01. The molecule has 5 heterocycles. The van der Waals surface area contributed by atoms with Gasteiger partial charge in [-0.3, -0.25) is 4.57 Å². The Morgan fingerprint density at radius 3 is 1.72 bits per heavy atom. The van der Waals surface area contributed by atoms with Crippen LogP contribution in [0, 0.1) is 0 Å². The van der Waals surface area contributed by atoms with E-state index in [1.54, 1.807) is 0 Å². The third-order valence-electron chi connectivity index (χ3n) is 12.9. The summed E-state index contributed by atoms with van der Waals surface area (Å²) >= 11 is 1.89. The van der Waals surface area contributed by atoms with Crippen molar-refractivity contribution in [2.45, 2.75) is 0 Å². The molecule has 0 fully saturated rings. The maximum atomic E-state index is 5.30.